The highest BCUT2D eigenvalue weighted by Gasteiger charge is 2.26. The summed E-state index contributed by atoms with van der Waals surface area (Å²) in [5, 5.41) is 28.3. The molecule has 3 aromatic rings. The normalized spacial score (nSPS) is 15.6. The average molecular weight is 589 g/mol. The van der Waals surface area contributed by atoms with Gasteiger partial charge in [-0.25, -0.2) is 14.4 Å². The second kappa shape index (κ2) is 12.4. The van der Waals surface area contributed by atoms with Gasteiger partial charge in [-0.2, -0.15) is 4.98 Å². The number of benzene rings is 2. The molecule has 3 N–H and O–H groups in total. The molecule has 1 saturated heterocycles. The molecule has 220 valence electrons. The molecule has 4 rings (SSSR count). The minimum absolute atomic E-state index is 0.0663. The van der Waals surface area contributed by atoms with Gasteiger partial charge in [0.2, 0.25) is 11.9 Å². The number of rotatable bonds is 11. The number of methoxy groups -OCH3 is 1. The fourth-order valence-corrected chi connectivity index (χ4v) is 4.98. The molecule has 14 heteroatoms. The van der Waals surface area contributed by atoms with Crippen molar-refractivity contribution in [2.45, 2.75) is 45.3 Å². The second-order valence-corrected chi connectivity index (χ2v) is 10.9. The van der Waals surface area contributed by atoms with E-state index in [1.165, 1.54) is 39.4 Å². The van der Waals surface area contributed by atoms with E-state index in [0.717, 1.165) is 32.0 Å². The van der Waals surface area contributed by atoms with Crippen molar-refractivity contribution in [3.8, 4) is 5.75 Å². The molecule has 0 bridgehead atoms. The van der Waals surface area contributed by atoms with Crippen molar-refractivity contribution in [3.63, 3.8) is 0 Å². The first-order chi connectivity index (χ1) is 19.4. The first-order valence-corrected chi connectivity index (χ1v) is 13.5. The maximum absolute atomic E-state index is 14.1. The quantitative estimate of drug-likeness (QED) is 0.200. The molecule has 12 nitrogen and oxygen atoms in total. The molecular formula is C27H34ClFN8O4. The molecule has 2 aromatic carbocycles. The van der Waals surface area contributed by atoms with E-state index in [-0.39, 0.29) is 33.9 Å². The third-order valence-electron chi connectivity index (χ3n) is 7.10. The molecule has 0 spiro atoms. The van der Waals surface area contributed by atoms with E-state index >= 15 is 0 Å². The lowest BCUT2D eigenvalue weighted by molar-refractivity contribution is -0.384. The number of nitro groups is 1. The van der Waals surface area contributed by atoms with Gasteiger partial charge in [-0.1, -0.05) is 11.6 Å². The summed E-state index contributed by atoms with van der Waals surface area (Å²) < 4.78 is 19.7. The number of likely N-dealkylation sites (tertiary alicyclic amines) is 1. The molecule has 0 unspecified atom stereocenters. The van der Waals surface area contributed by atoms with Crippen LogP contribution in [0, 0.1) is 15.9 Å². The number of aromatic nitrogens is 3. The molecule has 0 saturated carbocycles. The van der Waals surface area contributed by atoms with Crippen molar-refractivity contribution in [1.82, 2.24) is 19.9 Å². The molecule has 0 radical (unpaired) electrons. The Hall–Kier alpha value is -3.81. The van der Waals surface area contributed by atoms with E-state index in [2.05, 4.69) is 37.4 Å². The van der Waals surface area contributed by atoms with Crippen molar-refractivity contribution < 1.29 is 19.2 Å². The topological polar surface area (TPSA) is 142 Å². The number of likely N-dealkylation sites (N-methyl/N-ethyl adjacent to an activating group) is 1. The van der Waals surface area contributed by atoms with E-state index in [9.17, 15) is 19.6 Å². The fraction of sp³-hybridized carbons (Fsp3) is 0.444. The van der Waals surface area contributed by atoms with Gasteiger partial charge in [0, 0.05) is 49.6 Å². The van der Waals surface area contributed by atoms with E-state index in [1.807, 2.05) is 11.9 Å². The molecular weight excluding hydrogens is 555 g/mol. The van der Waals surface area contributed by atoms with Crippen LogP contribution in [0.2, 0.25) is 5.02 Å². The monoisotopic (exact) mass is 588 g/mol. The smallest absolute Gasteiger partial charge is 0.294 e. The van der Waals surface area contributed by atoms with Gasteiger partial charge in [-0.15, -0.1) is 0 Å². The summed E-state index contributed by atoms with van der Waals surface area (Å²) in [5.41, 5.74) is -0.252. The van der Waals surface area contributed by atoms with Gasteiger partial charge >= 0.3 is 0 Å². The van der Waals surface area contributed by atoms with Crippen LogP contribution >= 0.6 is 11.6 Å². The lowest BCUT2D eigenvalue weighted by Crippen LogP contribution is -2.35. The van der Waals surface area contributed by atoms with Gasteiger partial charge in [-0.3, -0.25) is 15.0 Å². The van der Waals surface area contributed by atoms with Gasteiger partial charge in [0.05, 0.1) is 28.3 Å². The number of nitro benzene ring substituents is 1. The first kappa shape index (κ1) is 30.2. The van der Waals surface area contributed by atoms with Crippen molar-refractivity contribution in [2.24, 2.45) is 0 Å². The number of ether oxygens (including phenoxy) is 1. The maximum Gasteiger partial charge on any atom is 0.294 e. The SMILES string of the molecule is COc1cc(N(C)CCN2CCC[C@@H]2C)c([N+](=O)[O-])cc1Nc1ncnc(Nc2cc(Cl)c(F)cc2C(C)(C)O)n1. The minimum Gasteiger partial charge on any atom is -0.494 e. The van der Waals surface area contributed by atoms with Crippen LogP contribution in [0.4, 0.5) is 39.0 Å². The Morgan fingerprint density at radius 3 is 2.51 bits per heavy atom. The molecule has 1 atom stereocenters. The predicted molar refractivity (Wildman–Crippen MR) is 156 cm³/mol. The minimum atomic E-state index is -1.39. The van der Waals surface area contributed by atoms with E-state index < -0.39 is 16.3 Å². The number of hydrogen-bond donors (Lipinski definition) is 3. The number of hydrogen-bond acceptors (Lipinski definition) is 11. The van der Waals surface area contributed by atoms with E-state index in [1.54, 1.807) is 6.07 Å². The highest BCUT2D eigenvalue weighted by atomic mass is 35.5. The standard InChI is InChI=1S/C27H34ClFN8O4/c1-16-7-6-8-36(16)10-9-35(4)22-14-24(41-5)21(13-23(22)37(39)40)33-26-31-15-30-25(34-26)32-20-12-18(28)19(29)11-17(20)27(2,3)38/h11-16,38H,6-10H2,1-5H3,(H2,30,31,32,33,34)/t16-/m0/s1. The summed E-state index contributed by atoms with van der Waals surface area (Å²) in [6.45, 7) is 7.65. The Kier molecular flexibility index (Phi) is 9.10. The van der Waals surface area contributed by atoms with Crippen LogP contribution in [-0.4, -0.2) is 69.7 Å². The molecule has 1 aliphatic rings. The molecule has 1 aromatic heterocycles. The van der Waals surface area contributed by atoms with Crippen LogP contribution in [0.1, 0.15) is 39.2 Å². The Morgan fingerprint density at radius 2 is 1.93 bits per heavy atom. The Morgan fingerprint density at radius 1 is 1.24 bits per heavy atom. The fourth-order valence-electron chi connectivity index (χ4n) is 4.81. The average Bonchev–Trinajstić information content (AvgIpc) is 3.33. The van der Waals surface area contributed by atoms with Crippen molar-refractivity contribution >= 4 is 46.2 Å². The number of anilines is 5. The molecule has 0 aliphatic carbocycles. The number of nitrogens with zero attached hydrogens (tertiary/aromatic N) is 6. The van der Waals surface area contributed by atoms with Crippen molar-refractivity contribution in [1.29, 1.82) is 0 Å². The highest BCUT2D eigenvalue weighted by Crippen LogP contribution is 2.39. The Bertz CT molecular complexity index is 1420. The van der Waals surface area contributed by atoms with Gasteiger partial charge in [0.15, 0.2) is 0 Å². The maximum atomic E-state index is 14.1. The molecule has 2 heterocycles. The van der Waals surface area contributed by atoms with Crippen LogP contribution < -0.4 is 20.3 Å². The lowest BCUT2D eigenvalue weighted by Gasteiger charge is -2.26. The zero-order chi connectivity index (χ0) is 29.9. The van der Waals surface area contributed by atoms with Crippen LogP contribution in [0.25, 0.3) is 0 Å². The number of halogens is 2. The van der Waals surface area contributed by atoms with Gasteiger partial charge in [0.1, 0.15) is 23.6 Å². The number of nitrogens with one attached hydrogen (secondary N) is 2. The van der Waals surface area contributed by atoms with Crippen LogP contribution in [-0.2, 0) is 5.60 Å². The van der Waals surface area contributed by atoms with E-state index in [4.69, 9.17) is 16.3 Å². The van der Waals surface area contributed by atoms with Gasteiger partial charge < -0.3 is 25.4 Å². The lowest BCUT2D eigenvalue weighted by atomic mass is 9.96. The third kappa shape index (κ3) is 7.10. The molecule has 41 heavy (non-hydrogen) atoms. The summed E-state index contributed by atoms with van der Waals surface area (Å²) >= 11 is 5.97. The van der Waals surface area contributed by atoms with Gasteiger partial charge in [-0.05, 0) is 52.3 Å². The van der Waals surface area contributed by atoms with Crippen molar-refractivity contribution in [2.75, 3.05) is 49.3 Å². The second-order valence-electron chi connectivity index (χ2n) is 10.5. The summed E-state index contributed by atoms with van der Waals surface area (Å²) in [4.78, 5) is 28.4. The Balaban J connectivity index is 1.59. The van der Waals surface area contributed by atoms with Crippen LogP contribution in [0.5, 0.6) is 5.75 Å². The highest BCUT2D eigenvalue weighted by molar-refractivity contribution is 6.31. The third-order valence-corrected chi connectivity index (χ3v) is 7.39. The predicted octanol–water partition coefficient (Wildman–Crippen LogP) is 5.22. The number of aliphatic hydroxyl groups is 1. The summed E-state index contributed by atoms with van der Waals surface area (Å²) in [5.74, 6) is -0.189. The summed E-state index contributed by atoms with van der Waals surface area (Å²) in [6, 6.07) is 5.96. The zero-order valence-electron chi connectivity index (χ0n) is 23.6. The molecule has 1 fully saturated rings. The van der Waals surface area contributed by atoms with Crippen LogP contribution in [0.15, 0.2) is 30.6 Å². The first-order valence-electron chi connectivity index (χ1n) is 13.1. The zero-order valence-corrected chi connectivity index (χ0v) is 24.4. The van der Waals surface area contributed by atoms with Gasteiger partial charge in [0.25, 0.3) is 5.69 Å². The van der Waals surface area contributed by atoms with E-state index in [0.29, 0.717) is 29.7 Å². The largest absolute Gasteiger partial charge is 0.494 e. The Labute approximate surface area is 242 Å². The summed E-state index contributed by atoms with van der Waals surface area (Å²) in [7, 11) is 3.29. The van der Waals surface area contributed by atoms with Crippen LogP contribution in [0.3, 0.4) is 0 Å². The molecule has 1 aliphatic heterocycles. The van der Waals surface area contributed by atoms with Crippen molar-refractivity contribution in [3.05, 3.63) is 57.1 Å². The summed E-state index contributed by atoms with van der Waals surface area (Å²) in [6.07, 6.45) is 3.55. The molecule has 0 amide bonds.